The number of carbonyl (C=O) groups excluding carboxylic acids is 1. The number of hydrogen-bond donors (Lipinski definition) is 1. The van der Waals surface area contributed by atoms with E-state index in [4.69, 9.17) is 18.6 Å². The Kier molecular flexibility index (Phi) is 5.68. The molecule has 1 saturated heterocycles. The molecule has 1 N–H and O–H groups in total. The van der Waals surface area contributed by atoms with Crippen molar-refractivity contribution in [2.45, 2.75) is 26.9 Å². The smallest absolute Gasteiger partial charge is 0.290 e. The first-order valence-corrected chi connectivity index (χ1v) is 8.93. The standard InChI is InChI=1S/C19H25NO6/c1-4-24-15-7-6-14-12(3)16(26-17(14)18(15)25-5-2)19(22)20-8-9-23-11-13(21)10-20/h6-7,13,21H,4-5,8-11H2,1-3H3/t13-/m0/s1. The van der Waals surface area contributed by atoms with Crippen LogP contribution in [0.3, 0.4) is 0 Å². The Balaban J connectivity index is 2.02. The summed E-state index contributed by atoms with van der Waals surface area (Å²) in [4.78, 5) is 14.5. The van der Waals surface area contributed by atoms with Crippen LogP contribution in [0.5, 0.6) is 11.5 Å². The molecule has 0 bridgehead atoms. The van der Waals surface area contributed by atoms with Crippen molar-refractivity contribution in [1.29, 1.82) is 0 Å². The van der Waals surface area contributed by atoms with Crippen molar-refractivity contribution >= 4 is 16.9 Å². The molecule has 1 aromatic heterocycles. The summed E-state index contributed by atoms with van der Waals surface area (Å²) in [6.07, 6.45) is -0.699. The third-order valence-corrected chi connectivity index (χ3v) is 4.34. The summed E-state index contributed by atoms with van der Waals surface area (Å²) in [7, 11) is 0. The second kappa shape index (κ2) is 7.97. The van der Waals surface area contributed by atoms with Crippen LogP contribution >= 0.6 is 0 Å². The summed E-state index contributed by atoms with van der Waals surface area (Å²) < 4.78 is 22.6. The van der Waals surface area contributed by atoms with Gasteiger partial charge in [0.1, 0.15) is 0 Å². The van der Waals surface area contributed by atoms with Gasteiger partial charge in [-0.3, -0.25) is 4.79 Å². The van der Waals surface area contributed by atoms with E-state index in [1.165, 1.54) is 0 Å². The van der Waals surface area contributed by atoms with E-state index in [0.717, 1.165) is 10.9 Å². The topological polar surface area (TPSA) is 81.4 Å². The molecule has 1 atom stereocenters. The number of ether oxygens (including phenoxy) is 3. The number of aryl methyl sites for hydroxylation is 1. The Hall–Kier alpha value is -2.25. The van der Waals surface area contributed by atoms with E-state index in [1.807, 2.05) is 32.9 Å². The Labute approximate surface area is 152 Å². The van der Waals surface area contributed by atoms with Gasteiger partial charge in [-0.25, -0.2) is 0 Å². The van der Waals surface area contributed by atoms with Gasteiger partial charge in [-0.1, -0.05) is 0 Å². The number of rotatable bonds is 5. The number of carbonyl (C=O) groups is 1. The van der Waals surface area contributed by atoms with E-state index in [9.17, 15) is 9.90 Å². The summed E-state index contributed by atoms with van der Waals surface area (Å²) in [6.45, 7) is 7.84. The van der Waals surface area contributed by atoms with Gasteiger partial charge < -0.3 is 28.6 Å². The lowest BCUT2D eigenvalue weighted by Crippen LogP contribution is -2.37. The zero-order chi connectivity index (χ0) is 18.7. The zero-order valence-electron chi connectivity index (χ0n) is 15.4. The second-order valence-corrected chi connectivity index (χ2v) is 6.17. The summed E-state index contributed by atoms with van der Waals surface area (Å²) in [5.41, 5.74) is 1.25. The van der Waals surface area contributed by atoms with Crippen molar-refractivity contribution < 1.29 is 28.5 Å². The molecule has 0 spiro atoms. The van der Waals surface area contributed by atoms with Crippen molar-refractivity contribution in [1.82, 2.24) is 4.90 Å². The molecule has 0 aliphatic carbocycles. The van der Waals surface area contributed by atoms with E-state index >= 15 is 0 Å². The van der Waals surface area contributed by atoms with Gasteiger partial charge in [-0.05, 0) is 32.9 Å². The van der Waals surface area contributed by atoms with Gasteiger partial charge in [0.2, 0.25) is 5.75 Å². The lowest BCUT2D eigenvalue weighted by atomic mass is 10.1. The first-order valence-electron chi connectivity index (χ1n) is 8.93. The van der Waals surface area contributed by atoms with Crippen LogP contribution in [-0.2, 0) is 4.74 Å². The van der Waals surface area contributed by atoms with Gasteiger partial charge in [-0.15, -0.1) is 0 Å². The average Bonchev–Trinajstić information content (AvgIpc) is 2.80. The predicted molar refractivity (Wildman–Crippen MR) is 96.0 cm³/mol. The fourth-order valence-electron chi connectivity index (χ4n) is 3.12. The highest BCUT2D eigenvalue weighted by atomic mass is 16.5. The largest absolute Gasteiger partial charge is 0.490 e. The van der Waals surface area contributed by atoms with Crippen LogP contribution in [0.2, 0.25) is 0 Å². The fraction of sp³-hybridized carbons (Fsp3) is 0.526. The fourth-order valence-corrected chi connectivity index (χ4v) is 3.12. The monoisotopic (exact) mass is 363 g/mol. The summed E-state index contributed by atoms with van der Waals surface area (Å²) in [5.74, 6) is 1.09. The quantitative estimate of drug-likeness (QED) is 0.878. The molecule has 0 unspecified atom stereocenters. The van der Waals surface area contributed by atoms with Gasteiger partial charge in [0.15, 0.2) is 17.1 Å². The molecule has 7 nitrogen and oxygen atoms in total. The molecule has 1 aliphatic rings. The maximum Gasteiger partial charge on any atom is 0.290 e. The SMILES string of the molecule is CCOc1ccc2c(C)c(C(=O)N3CCOC[C@@H](O)C3)oc2c1OCC. The van der Waals surface area contributed by atoms with Crippen LogP contribution in [-0.4, -0.2) is 61.5 Å². The molecule has 1 aliphatic heterocycles. The van der Waals surface area contributed by atoms with Gasteiger partial charge in [0.25, 0.3) is 5.91 Å². The van der Waals surface area contributed by atoms with E-state index < -0.39 is 6.10 Å². The lowest BCUT2D eigenvalue weighted by Gasteiger charge is -2.20. The molecule has 1 aromatic carbocycles. The maximum absolute atomic E-state index is 13.0. The molecule has 1 amide bonds. The molecule has 2 aromatic rings. The summed E-state index contributed by atoms with van der Waals surface area (Å²) in [6, 6.07) is 3.70. The van der Waals surface area contributed by atoms with Crippen LogP contribution in [0.25, 0.3) is 11.0 Å². The van der Waals surface area contributed by atoms with Gasteiger partial charge in [-0.2, -0.15) is 0 Å². The number of hydrogen-bond acceptors (Lipinski definition) is 6. The van der Waals surface area contributed by atoms with E-state index in [-0.39, 0.29) is 24.8 Å². The molecule has 3 rings (SSSR count). The van der Waals surface area contributed by atoms with Crippen molar-refractivity contribution in [3.8, 4) is 11.5 Å². The highest BCUT2D eigenvalue weighted by Crippen LogP contribution is 2.40. The van der Waals surface area contributed by atoms with E-state index in [0.29, 0.717) is 43.4 Å². The minimum absolute atomic E-state index is 0.220. The molecular weight excluding hydrogens is 338 g/mol. The number of β-amino-alcohol motifs (C(OH)–C–C–N with tert-alkyl or cyclic N) is 1. The summed E-state index contributed by atoms with van der Waals surface area (Å²) in [5, 5.41) is 10.7. The van der Waals surface area contributed by atoms with Crippen LogP contribution in [0.15, 0.2) is 16.5 Å². The van der Waals surface area contributed by atoms with Crippen LogP contribution < -0.4 is 9.47 Å². The first-order chi connectivity index (χ1) is 12.6. The molecule has 2 heterocycles. The first kappa shape index (κ1) is 18.5. The molecule has 7 heteroatoms. The minimum atomic E-state index is -0.699. The highest BCUT2D eigenvalue weighted by Gasteiger charge is 2.28. The summed E-state index contributed by atoms with van der Waals surface area (Å²) >= 11 is 0. The van der Waals surface area contributed by atoms with Crippen LogP contribution in [0.4, 0.5) is 0 Å². The second-order valence-electron chi connectivity index (χ2n) is 6.17. The predicted octanol–water partition coefficient (Wildman–Crippen LogP) is 2.37. The van der Waals surface area contributed by atoms with Gasteiger partial charge >= 0.3 is 0 Å². The molecular formula is C19H25NO6. The molecule has 142 valence electrons. The molecule has 26 heavy (non-hydrogen) atoms. The minimum Gasteiger partial charge on any atom is -0.490 e. The van der Waals surface area contributed by atoms with E-state index in [2.05, 4.69) is 0 Å². The maximum atomic E-state index is 13.0. The molecule has 0 saturated carbocycles. The van der Waals surface area contributed by atoms with Gasteiger partial charge in [0, 0.05) is 24.0 Å². The van der Waals surface area contributed by atoms with Crippen molar-refractivity contribution in [3.63, 3.8) is 0 Å². The third kappa shape index (κ3) is 3.50. The normalized spacial score (nSPS) is 18.0. The molecule has 1 fully saturated rings. The van der Waals surface area contributed by atoms with Crippen LogP contribution in [0.1, 0.15) is 30.0 Å². The zero-order valence-corrected chi connectivity index (χ0v) is 15.4. The van der Waals surface area contributed by atoms with Crippen LogP contribution in [0, 0.1) is 6.92 Å². The highest BCUT2D eigenvalue weighted by molar-refractivity contribution is 6.00. The number of benzene rings is 1. The number of aliphatic hydroxyl groups excluding tert-OH is 1. The number of furan rings is 1. The number of fused-ring (bicyclic) bond motifs is 1. The Morgan fingerprint density at radius 2 is 2.08 bits per heavy atom. The van der Waals surface area contributed by atoms with Crippen molar-refractivity contribution in [2.75, 3.05) is 39.5 Å². The van der Waals surface area contributed by atoms with Gasteiger partial charge in [0.05, 0.1) is 32.5 Å². The average molecular weight is 363 g/mol. The molecule has 0 radical (unpaired) electrons. The number of nitrogens with zero attached hydrogens (tertiary/aromatic N) is 1. The third-order valence-electron chi connectivity index (χ3n) is 4.34. The Bertz CT molecular complexity index is 784. The van der Waals surface area contributed by atoms with E-state index in [1.54, 1.807) is 4.90 Å². The van der Waals surface area contributed by atoms with Crippen molar-refractivity contribution in [2.24, 2.45) is 0 Å². The number of aliphatic hydroxyl groups is 1. The Morgan fingerprint density at radius 3 is 2.81 bits per heavy atom. The number of amides is 1. The van der Waals surface area contributed by atoms with Crippen molar-refractivity contribution in [3.05, 3.63) is 23.5 Å². The lowest BCUT2D eigenvalue weighted by molar-refractivity contribution is 0.0526. The Morgan fingerprint density at radius 1 is 1.31 bits per heavy atom.